The number of hydrogen-bond acceptors (Lipinski definition) is 7. The highest BCUT2D eigenvalue weighted by Gasteiger charge is 2.48. The lowest BCUT2D eigenvalue weighted by Gasteiger charge is -2.42. The van der Waals surface area contributed by atoms with E-state index >= 15 is 0 Å². The van der Waals surface area contributed by atoms with Crippen molar-refractivity contribution < 1.29 is 9.18 Å². The van der Waals surface area contributed by atoms with Gasteiger partial charge in [-0.15, -0.1) is 0 Å². The molecule has 9 nitrogen and oxygen atoms in total. The molecule has 4 aromatic rings. The Morgan fingerprint density at radius 2 is 2.03 bits per heavy atom. The first-order chi connectivity index (χ1) is 16.4. The number of carbonyl (C=O) groups is 1. The van der Waals surface area contributed by atoms with E-state index in [0.29, 0.717) is 40.9 Å². The van der Waals surface area contributed by atoms with Crippen molar-refractivity contribution >= 4 is 16.8 Å². The van der Waals surface area contributed by atoms with Crippen LogP contribution in [0.15, 0.2) is 48.9 Å². The molecule has 0 atom stereocenters. The number of nitrogens with zero attached hydrogens (tertiary/aromatic N) is 7. The maximum Gasteiger partial charge on any atom is 0.251 e. The summed E-state index contributed by atoms with van der Waals surface area (Å²) in [7, 11) is 0. The molecular weight excluding hydrogens is 435 g/mol. The van der Waals surface area contributed by atoms with E-state index in [-0.39, 0.29) is 17.9 Å². The van der Waals surface area contributed by atoms with Gasteiger partial charge in [-0.05, 0) is 37.1 Å². The van der Waals surface area contributed by atoms with Gasteiger partial charge in [0.05, 0.1) is 59.2 Å². The molecule has 10 heteroatoms. The Morgan fingerprint density at radius 1 is 1.21 bits per heavy atom. The smallest absolute Gasteiger partial charge is 0.251 e. The SMILES string of the molecule is N#CCC1(n2ncc(-c3cc(-c4cc(C(N)=O)c(F)cn4)cc4ncccc34)n2)CC(C#N)C1. The molecule has 0 aliphatic heterocycles. The molecule has 166 valence electrons. The van der Waals surface area contributed by atoms with Crippen molar-refractivity contribution in [3.63, 3.8) is 0 Å². The monoisotopic (exact) mass is 452 g/mol. The summed E-state index contributed by atoms with van der Waals surface area (Å²) >= 11 is 0. The van der Waals surface area contributed by atoms with Gasteiger partial charge in [0, 0.05) is 22.7 Å². The van der Waals surface area contributed by atoms with Gasteiger partial charge >= 0.3 is 0 Å². The Bertz CT molecular complexity index is 1520. The third-order valence-corrected chi connectivity index (χ3v) is 6.17. The average molecular weight is 452 g/mol. The van der Waals surface area contributed by atoms with Crippen molar-refractivity contribution in [1.29, 1.82) is 10.5 Å². The van der Waals surface area contributed by atoms with E-state index in [2.05, 4.69) is 32.3 Å². The minimum absolute atomic E-state index is 0.125. The van der Waals surface area contributed by atoms with Gasteiger partial charge in [0.1, 0.15) is 5.69 Å². The number of nitriles is 2. The fourth-order valence-corrected chi connectivity index (χ4v) is 4.42. The second kappa shape index (κ2) is 8.01. The van der Waals surface area contributed by atoms with E-state index in [4.69, 9.17) is 5.73 Å². The van der Waals surface area contributed by atoms with Gasteiger partial charge in [-0.1, -0.05) is 6.07 Å². The number of nitrogens with two attached hydrogens (primary N) is 1. The van der Waals surface area contributed by atoms with E-state index < -0.39 is 17.3 Å². The number of carbonyl (C=O) groups excluding carboxylic acids is 1. The van der Waals surface area contributed by atoms with E-state index in [0.717, 1.165) is 11.6 Å². The number of hydrogen-bond donors (Lipinski definition) is 1. The van der Waals surface area contributed by atoms with Crippen LogP contribution in [0.25, 0.3) is 33.4 Å². The summed E-state index contributed by atoms with van der Waals surface area (Å²) in [6.07, 6.45) is 5.46. The van der Waals surface area contributed by atoms with Crippen LogP contribution in [0.5, 0.6) is 0 Å². The first-order valence-corrected chi connectivity index (χ1v) is 10.5. The molecule has 0 unspecified atom stereocenters. The lowest BCUT2D eigenvalue weighted by atomic mass is 9.68. The molecule has 1 saturated carbocycles. The van der Waals surface area contributed by atoms with Crippen LogP contribution in [-0.4, -0.2) is 30.9 Å². The molecule has 1 amide bonds. The maximum atomic E-state index is 14.0. The minimum Gasteiger partial charge on any atom is -0.366 e. The normalized spacial score (nSPS) is 19.2. The van der Waals surface area contributed by atoms with Crippen molar-refractivity contribution in [2.75, 3.05) is 0 Å². The summed E-state index contributed by atoms with van der Waals surface area (Å²) < 4.78 is 14.0. The average Bonchev–Trinajstić information content (AvgIpc) is 3.31. The highest BCUT2D eigenvalue weighted by molar-refractivity contribution is 5.98. The quantitative estimate of drug-likeness (QED) is 0.488. The Kier molecular flexibility index (Phi) is 4.99. The predicted molar refractivity (Wildman–Crippen MR) is 119 cm³/mol. The van der Waals surface area contributed by atoms with Gasteiger partial charge in [-0.3, -0.25) is 14.8 Å². The molecule has 2 N–H and O–H groups in total. The van der Waals surface area contributed by atoms with Crippen LogP contribution < -0.4 is 5.73 Å². The number of benzene rings is 1. The molecule has 1 fully saturated rings. The van der Waals surface area contributed by atoms with Gasteiger partial charge < -0.3 is 5.73 Å². The predicted octanol–water partition coefficient (Wildman–Crippen LogP) is 3.34. The van der Waals surface area contributed by atoms with E-state index in [1.54, 1.807) is 24.5 Å². The van der Waals surface area contributed by atoms with Crippen molar-refractivity contribution in [2.45, 2.75) is 24.8 Å². The minimum atomic E-state index is -0.887. The first kappa shape index (κ1) is 21.2. The molecule has 0 spiro atoms. The second-order valence-corrected chi connectivity index (χ2v) is 8.32. The van der Waals surface area contributed by atoms with Gasteiger partial charge in [0.2, 0.25) is 0 Å². The third kappa shape index (κ3) is 3.42. The zero-order chi connectivity index (χ0) is 23.9. The van der Waals surface area contributed by atoms with Gasteiger partial charge in [-0.2, -0.15) is 25.5 Å². The van der Waals surface area contributed by atoms with Crippen molar-refractivity contribution in [2.24, 2.45) is 11.7 Å². The van der Waals surface area contributed by atoms with Gasteiger partial charge in [0.15, 0.2) is 5.82 Å². The topological polar surface area (TPSA) is 147 Å². The molecule has 3 heterocycles. The fraction of sp³-hybridized carbons (Fsp3) is 0.208. The first-order valence-electron chi connectivity index (χ1n) is 10.5. The highest BCUT2D eigenvalue weighted by atomic mass is 19.1. The summed E-state index contributed by atoms with van der Waals surface area (Å²) in [6.45, 7) is 0. The molecule has 0 bridgehead atoms. The third-order valence-electron chi connectivity index (χ3n) is 6.17. The van der Waals surface area contributed by atoms with Crippen molar-refractivity contribution in [1.82, 2.24) is 25.0 Å². The molecular formula is C24H17FN8O. The number of pyridine rings is 2. The summed E-state index contributed by atoms with van der Waals surface area (Å²) in [5.74, 6) is -1.81. The zero-order valence-corrected chi connectivity index (χ0v) is 17.8. The number of fused-ring (bicyclic) bond motifs is 1. The molecule has 1 aromatic carbocycles. The molecule has 3 aromatic heterocycles. The molecule has 0 radical (unpaired) electrons. The fourth-order valence-electron chi connectivity index (χ4n) is 4.42. The van der Waals surface area contributed by atoms with Crippen LogP contribution >= 0.6 is 0 Å². The molecule has 1 aliphatic carbocycles. The van der Waals surface area contributed by atoms with Crippen molar-refractivity contribution in [3.8, 4) is 34.7 Å². The Balaban J connectivity index is 1.63. The Morgan fingerprint density at radius 3 is 2.76 bits per heavy atom. The summed E-state index contributed by atoms with van der Waals surface area (Å²) in [6, 6.07) is 13.0. The number of aromatic nitrogens is 5. The molecule has 1 aliphatic rings. The van der Waals surface area contributed by atoms with Crippen molar-refractivity contribution in [3.05, 3.63) is 60.3 Å². The van der Waals surface area contributed by atoms with Gasteiger partial charge in [-0.25, -0.2) is 4.39 Å². The molecule has 0 saturated heterocycles. The second-order valence-electron chi connectivity index (χ2n) is 8.32. The highest BCUT2D eigenvalue weighted by Crippen LogP contribution is 2.45. The van der Waals surface area contributed by atoms with Crippen LogP contribution in [0.1, 0.15) is 29.6 Å². The van der Waals surface area contributed by atoms with Crippen LogP contribution in [0, 0.1) is 34.4 Å². The van der Waals surface area contributed by atoms with Crippen LogP contribution in [0.2, 0.25) is 0 Å². The number of amides is 1. The largest absolute Gasteiger partial charge is 0.366 e. The standard InChI is InChI=1S/C24H17FN8O/c25-19-12-30-20(8-18(19)23(28)34)15-6-17(16-2-1-5-29-21(16)7-15)22-13-31-33(32-22)24(3-4-26)9-14(10-24)11-27/h1-2,5-8,12-14H,3,9-10H2,(H2,28,34). The molecule has 34 heavy (non-hydrogen) atoms. The van der Waals surface area contributed by atoms with E-state index in [9.17, 15) is 19.7 Å². The Hall–Kier alpha value is -4.70. The molecule has 5 rings (SSSR count). The summed E-state index contributed by atoms with van der Waals surface area (Å²) in [5, 5.41) is 28.4. The lowest BCUT2D eigenvalue weighted by molar-refractivity contribution is 0.0713. The number of rotatable bonds is 5. The van der Waals surface area contributed by atoms with Crippen LogP contribution in [0.4, 0.5) is 4.39 Å². The zero-order valence-electron chi connectivity index (χ0n) is 17.8. The van der Waals surface area contributed by atoms with Crippen LogP contribution in [0.3, 0.4) is 0 Å². The summed E-state index contributed by atoms with van der Waals surface area (Å²) in [4.78, 5) is 21.7. The lowest BCUT2D eigenvalue weighted by Crippen LogP contribution is -2.47. The van der Waals surface area contributed by atoms with E-state index in [1.165, 1.54) is 10.9 Å². The summed E-state index contributed by atoms with van der Waals surface area (Å²) in [5.41, 5.74) is 7.30. The number of primary amides is 1. The van der Waals surface area contributed by atoms with Gasteiger partial charge in [0.25, 0.3) is 5.91 Å². The number of halogens is 1. The Labute approximate surface area is 193 Å². The van der Waals surface area contributed by atoms with Crippen LogP contribution in [-0.2, 0) is 5.54 Å². The van der Waals surface area contributed by atoms with E-state index in [1.807, 2.05) is 12.1 Å². The maximum absolute atomic E-state index is 14.0.